The Morgan fingerprint density at radius 1 is 1.40 bits per heavy atom. The second-order valence-electron chi connectivity index (χ2n) is 0.201. The molecule has 0 aliphatic heterocycles. The fourth-order valence-corrected chi connectivity index (χ4v) is 0. The average molecular weight is 111 g/mol. The largest absolute Gasteiger partial charge is 3.00 e. The van der Waals surface area contributed by atoms with Gasteiger partial charge in [-0.05, 0) is 0 Å². The van der Waals surface area contributed by atoms with E-state index in [1.165, 1.54) is 0 Å². The molecule has 0 rings (SSSR count). The zero-order valence-electron chi connectivity index (χ0n) is 2.22. The van der Waals surface area contributed by atoms with Gasteiger partial charge in [0.1, 0.15) is 0 Å². The van der Waals surface area contributed by atoms with Crippen LogP contribution in [0.25, 0.3) is 0 Å². The smallest absolute Gasteiger partial charge is 0.321 e. The molecule has 0 amide bonds. The fraction of sp³-hybridized carbons (Fsp3) is 0. The first-order valence-corrected chi connectivity index (χ1v) is 1.43. The van der Waals surface area contributed by atoms with Gasteiger partial charge in [0.2, 0.25) is 0 Å². The number of hydrogen-bond donors (Lipinski definition) is 1. The van der Waals surface area contributed by atoms with Crippen LogP contribution in [0.3, 0.4) is 0 Å². The van der Waals surface area contributed by atoms with Gasteiger partial charge in [-0.15, -0.1) is 0 Å². The van der Waals surface area contributed by atoms with Gasteiger partial charge in [0, 0.05) is 4.66 Å². The Labute approximate surface area is 42.8 Å². The van der Waals surface area contributed by atoms with Crippen molar-refractivity contribution in [1.29, 1.82) is 0 Å². The van der Waals surface area contributed by atoms with Crippen LogP contribution in [0.4, 0.5) is 0 Å². The van der Waals surface area contributed by atoms with Crippen molar-refractivity contribution in [3.63, 3.8) is 0 Å². The van der Waals surface area contributed by atoms with E-state index in [2.05, 4.69) is 0 Å². The second kappa shape index (κ2) is 4.70. The van der Waals surface area contributed by atoms with Gasteiger partial charge in [-0.25, -0.2) is 0 Å². The molecule has 26 valence electrons. The molecule has 0 bridgehead atoms. The van der Waals surface area contributed by atoms with Crippen LogP contribution in [0.1, 0.15) is 0 Å². The van der Waals surface area contributed by atoms with Crippen LogP contribution in [0.15, 0.2) is 0 Å². The third-order valence-electron chi connectivity index (χ3n) is 0. The Hall–Kier alpha value is 0.702. The second-order valence-corrected chi connectivity index (χ2v) is 0.603. The molecule has 0 aliphatic carbocycles. The summed E-state index contributed by atoms with van der Waals surface area (Å²) in [6.07, 6.45) is 0. The van der Waals surface area contributed by atoms with E-state index in [0.717, 1.165) is 0 Å². The molecular formula is HAlClO3+3. The third-order valence-corrected chi connectivity index (χ3v) is 0. The average Bonchev–Trinajstić information content (AvgIpc) is 0.811. The van der Waals surface area contributed by atoms with Crippen molar-refractivity contribution >= 4 is 17.4 Å². The minimum Gasteiger partial charge on any atom is -0.321 e. The third kappa shape index (κ3) is 69.6. The molecule has 0 unspecified atom stereocenters. The Morgan fingerprint density at radius 3 is 1.40 bits per heavy atom. The molecule has 0 fully saturated rings. The van der Waals surface area contributed by atoms with Crippen molar-refractivity contribution in [3.8, 4) is 0 Å². The molecule has 0 aromatic rings. The van der Waals surface area contributed by atoms with E-state index in [1.54, 1.807) is 0 Å². The van der Waals surface area contributed by atoms with E-state index >= 15 is 0 Å². The van der Waals surface area contributed by atoms with E-state index in [9.17, 15) is 0 Å². The van der Waals surface area contributed by atoms with Crippen molar-refractivity contribution in [3.05, 3.63) is 0 Å². The summed E-state index contributed by atoms with van der Waals surface area (Å²) < 4.78 is 24.0. The van der Waals surface area contributed by atoms with Crippen molar-refractivity contribution in [2.24, 2.45) is 0 Å². The minimum atomic E-state index is -2.60. The van der Waals surface area contributed by atoms with Crippen LogP contribution in [-0.2, 0) is 0 Å². The minimum absolute atomic E-state index is 0. The molecule has 0 heterocycles. The first-order valence-electron chi connectivity index (χ1n) is 0.478. The predicted octanol–water partition coefficient (Wildman–Crippen LogP) is -3.32. The van der Waals surface area contributed by atoms with E-state index in [0.29, 0.717) is 0 Å². The molecule has 1 N–H and O–H groups in total. The van der Waals surface area contributed by atoms with E-state index in [1.807, 2.05) is 0 Å². The van der Waals surface area contributed by atoms with E-state index < -0.39 is 10.8 Å². The Bertz CT molecular complexity index is 11.6. The van der Waals surface area contributed by atoms with E-state index in [-0.39, 0.29) is 17.4 Å². The van der Waals surface area contributed by atoms with Crippen molar-refractivity contribution in [2.45, 2.75) is 0 Å². The summed E-state index contributed by atoms with van der Waals surface area (Å²) in [6, 6.07) is 0. The van der Waals surface area contributed by atoms with Crippen molar-refractivity contribution < 1.29 is 24.8 Å². The molecule has 0 aromatic heterocycles. The Balaban J connectivity index is 0. The SMILES string of the molecule is [Al+3].[O-][Cl+2]([O-])O. The van der Waals surface area contributed by atoms with Crippen molar-refractivity contribution in [2.75, 3.05) is 0 Å². The van der Waals surface area contributed by atoms with Crippen LogP contribution < -0.4 is 9.32 Å². The van der Waals surface area contributed by atoms with Gasteiger partial charge in [0.15, 0.2) is 0 Å². The van der Waals surface area contributed by atoms with Gasteiger partial charge in [0.25, 0.3) is 10.8 Å². The summed E-state index contributed by atoms with van der Waals surface area (Å²) in [4.78, 5) is 0. The maximum Gasteiger partial charge on any atom is 3.00 e. The maximum absolute atomic E-state index is 8.52. The molecule has 5 heavy (non-hydrogen) atoms. The summed E-state index contributed by atoms with van der Waals surface area (Å²) in [5.74, 6) is 0. The molecule has 0 radical (unpaired) electrons. The topological polar surface area (TPSA) is 66.3 Å². The standard InChI is InChI=1S/Al.ClHO3/c;2-1(3)4/h;2H/q+3;. The molecule has 0 saturated heterocycles. The maximum atomic E-state index is 8.52. The molecule has 0 saturated carbocycles. The molecule has 5 heteroatoms. The molecule has 0 aliphatic rings. The quantitative estimate of drug-likeness (QED) is 0.333. The molecule has 3 nitrogen and oxygen atoms in total. The first-order chi connectivity index (χ1) is 1.73. The molecule has 0 spiro atoms. The van der Waals surface area contributed by atoms with Crippen molar-refractivity contribution in [1.82, 2.24) is 0 Å². The zero-order valence-corrected chi connectivity index (χ0v) is 4.13. The number of rotatable bonds is 0. The van der Waals surface area contributed by atoms with Crippen LogP contribution >= 0.6 is 0 Å². The summed E-state index contributed by atoms with van der Waals surface area (Å²) in [7, 11) is -2.60. The summed E-state index contributed by atoms with van der Waals surface area (Å²) >= 11 is 0. The Morgan fingerprint density at radius 2 is 1.40 bits per heavy atom. The van der Waals surface area contributed by atoms with Crippen LogP contribution in [-0.4, -0.2) is 22.0 Å². The Kier molecular flexibility index (Phi) is 8.65. The van der Waals surface area contributed by atoms with Gasteiger partial charge >= 0.3 is 17.4 Å². The predicted molar refractivity (Wildman–Crippen MR) is 7.97 cm³/mol. The van der Waals surface area contributed by atoms with E-state index in [4.69, 9.17) is 14.0 Å². The molecular weight excluding hydrogens is 110 g/mol. The molecule has 0 atom stereocenters. The first kappa shape index (κ1) is 9.20. The van der Waals surface area contributed by atoms with Crippen LogP contribution in [0.2, 0.25) is 0 Å². The normalized spacial score (nSPS) is 7.20. The van der Waals surface area contributed by atoms with Crippen LogP contribution in [0.5, 0.6) is 0 Å². The zero-order chi connectivity index (χ0) is 3.58. The van der Waals surface area contributed by atoms with Crippen LogP contribution in [0, 0.1) is 10.8 Å². The van der Waals surface area contributed by atoms with Gasteiger partial charge in [0.05, 0.1) is 0 Å². The van der Waals surface area contributed by atoms with Gasteiger partial charge < -0.3 is 9.32 Å². The van der Waals surface area contributed by atoms with Gasteiger partial charge in [-0.3, -0.25) is 0 Å². The molecule has 0 aromatic carbocycles. The monoisotopic (exact) mass is 111 g/mol. The van der Waals surface area contributed by atoms with Gasteiger partial charge in [-0.2, -0.15) is 0 Å². The summed E-state index contributed by atoms with van der Waals surface area (Å²) in [6.45, 7) is 0. The number of hydrogen-bond acceptors (Lipinski definition) is 3. The summed E-state index contributed by atoms with van der Waals surface area (Å²) in [5.41, 5.74) is 0. The number of halogens is 1. The van der Waals surface area contributed by atoms with Gasteiger partial charge in [-0.1, -0.05) is 0 Å². The fourth-order valence-electron chi connectivity index (χ4n) is 0. The summed E-state index contributed by atoms with van der Waals surface area (Å²) in [5, 5.41) is 0.